The molecule has 0 saturated carbocycles. The van der Waals surface area contributed by atoms with Crippen molar-refractivity contribution in [2.24, 2.45) is 0 Å². The van der Waals surface area contributed by atoms with Crippen molar-refractivity contribution in [3.05, 3.63) is 24.3 Å². The molecule has 1 amide bonds. The number of sulfonamides is 1. The smallest absolute Gasteiger partial charge is 0.243 e. The molecule has 0 bridgehead atoms. The van der Waals surface area contributed by atoms with Crippen molar-refractivity contribution in [2.75, 3.05) is 45.2 Å². The highest BCUT2D eigenvalue weighted by molar-refractivity contribution is 7.89. The van der Waals surface area contributed by atoms with Gasteiger partial charge in [-0.15, -0.1) is 0 Å². The van der Waals surface area contributed by atoms with Gasteiger partial charge in [-0.25, -0.2) is 8.42 Å². The molecule has 7 nitrogen and oxygen atoms in total. The second-order valence-electron chi connectivity index (χ2n) is 4.95. The molecule has 1 fully saturated rings. The second-order valence-corrected chi connectivity index (χ2v) is 6.88. The van der Waals surface area contributed by atoms with E-state index in [9.17, 15) is 13.2 Å². The summed E-state index contributed by atoms with van der Waals surface area (Å²) in [4.78, 5) is 11.9. The minimum Gasteiger partial charge on any atom is -0.379 e. The predicted molar refractivity (Wildman–Crippen MR) is 83.2 cm³/mol. The molecule has 0 spiro atoms. The number of anilines is 1. The van der Waals surface area contributed by atoms with Crippen LogP contribution in [0.15, 0.2) is 29.2 Å². The van der Waals surface area contributed by atoms with Crippen LogP contribution in [0.2, 0.25) is 0 Å². The highest BCUT2D eigenvalue weighted by Crippen LogP contribution is 2.20. The van der Waals surface area contributed by atoms with Crippen LogP contribution in [0.1, 0.15) is 6.42 Å². The van der Waals surface area contributed by atoms with Crippen molar-refractivity contribution in [3.63, 3.8) is 0 Å². The van der Waals surface area contributed by atoms with Gasteiger partial charge in [0, 0.05) is 31.7 Å². The van der Waals surface area contributed by atoms with Crippen molar-refractivity contribution in [1.29, 1.82) is 0 Å². The van der Waals surface area contributed by atoms with Gasteiger partial charge in [0.2, 0.25) is 15.9 Å². The van der Waals surface area contributed by atoms with Crippen LogP contribution >= 0.6 is 0 Å². The predicted octanol–water partition coefficient (Wildman–Crippen LogP) is 0.256. The third-order valence-corrected chi connectivity index (χ3v) is 5.22. The quantitative estimate of drug-likeness (QED) is 0.782. The summed E-state index contributed by atoms with van der Waals surface area (Å²) in [5.41, 5.74) is 0.482. The van der Waals surface area contributed by atoms with Gasteiger partial charge >= 0.3 is 0 Å². The minimum absolute atomic E-state index is 0.157. The Morgan fingerprint density at radius 3 is 2.73 bits per heavy atom. The van der Waals surface area contributed by atoms with Crippen molar-refractivity contribution >= 4 is 21.6 Å². The molecule has 1 aliphatic heterocycles. The molecule has 0 aliphatic carbocycles. The number of rotatable bonds is 6. The Labute approximate surface area is 130 Å². The van der Waals surface area contributed by atoms with E-state index in [1.165, 1.54) is 16.4 Å². The first-order chi connectivity index (χ1) is 10.5. The number of hydrogen-bond donors (Lipinski definition) is 2. The van der Waals surface area contributed by atoms with E-state index in [2.05, 4.69) is 10.6 Å². The molecule has 0 unspecified atom stereocenters. The van der Waals surface area contributed by atoms with Crippen LogP contribution in [0, 0.1) is 0 Å². The van der Waals surface area contributed by atoms with Gasteiger partial charge in [0.25, 0.3) is 0 Å². The van der Waals surface area contributed by atoms with Crippen LogP contribution in [0.4, 0.5) is 5.69 Å². The third kappa shape index (κ3) is 4.26. The number of benzene rings is 1. The van der Waals surface area contributed by atoms with E-state index >= 15 is 0 Å². The maximum absolute atomic E-state index is 12.5. The van der Waals surface area contributed by atoms with E-state index in [1.54, 1.807) is 19.2 Å². The van der Waals surface area contributed by atoms with Gasteiger partial charge in [0.15, 0.2) is 0 Å². The number of nitrogens with one attached hydrogen (secondary N) is 2. The lowest BCUT2D eigenvalue weighted by Crippen LogP contribution is -2.40. The van der Waals surface area contributed by atoms with Gasteiger partial charge in [-0.2, -0.15) is 4.31 Å². The van der Waals surface area contributed by atoms with Crippen molar-refractivity contribution in [2.45, 2.75) is 11.3 Å². The van der Waals surface area contributed by atoms with E-state index in [0.717, 1.165) is 0 Å². The van der Waals surface area contributed by atoms with Crippen molar-refractivity contribution in [1.82, 2.24) is 9.62 Å². The Balaban J connectivity index is 2.11. The SMILES string of the molecule is CNCCC(=O)Nc1cccc(S(=O)(=O)N2CCOCC2)c1. The summed E-state index contributed by atoms with van der Waals surface area (Å²) < 4.78 is 31.7. The molecule has 8 heteroatoms. The number of nitrogens with zero attached hydrogens (tertiary/aromatic N) is 1. The zero-order valence-electron chi connectivity index (χ0n) is 12.5. The molecule has 2 N–H and O–H groups in total. The summed E-state index contributed by atoms with van der Waals surface area (Å²) in [6, 6.07) is 6.33. The molecule has 1 heterocycles. The number of carbonyl (C=O) groups is 1. The summed E-state index contributed by atoms with van der Waals surface area (Å²) in [7, 11) is -1.78. The van der Waals surface area contributed by atoms with Crippen LogP contribution < -0.4 is 10.6 Å². The Bertz CT molecular complexity index is 612. The lowest BCUT2D eigenvalue weighted by Gasteiger charge is -2.26. The van der Waals surface area contributed by atoms with Gasteiger partial charge in [-0.1, -0.05) is 6.07 Å². The van der Waals surface area contributed by atoms with E-state index < -0.39 is 10.0 Å². The molecule has 0 aromatic heterocycles. The molecule has 1 aromatic rings. The third-order valence-electron chi connectivity index (χ3n) is 3.33. The average Bonchev–Trinajstić information content (AvgIpc) is 2.54. The molecule has 1 saturated heterocycles. The van der Waals surface area contributed by atoms with E-state index in [-0.39, 0.29) is 10.8 Å². The molecule has 122 valence electrons. The molecule has 1 aliphatic rings. The zero-order chi connectivity index (χ0) is 16.0. The fraction of sp³-hybridized carbons (Fsp3) is 0.500. The first-order valence-corrected chi connectivity index (χ1v) is 8.60. The molecule has 22 heavy (non-hydrogen) atoms. The summed E-state index contributed by atoms with van der Waals surface area (Å²) in [6.45, 7) is 2.07. The van der Waals surface area contributed by atoms with Crippen LogP contribution in [-0.2, 0) is 19.6 Å². The number of carbonyl (C=O) groups excluding carboxylic acids is 1. The summed E-state index contributed by atoms with van der Waals surface area (Å²) in [5, 5.41) is 5.59. The standard InChI is InChI=1S/C14H21N3O4S/c1-15-6-5-14(18)16-12-3-2-4-13(11-12)22(19,20)17-7-9-21-10-8-17/h2-4,11,15H,5-10H2,1H3,(H,16,18). The van der Waals surface area contributed by atoms with Crippen molar-refractivity contribution in [3.8, 4) is 0 Å². The van der Waals surface area contributed by atoms with Crippen molar-refractivity contribution < 1.29 is 17.9 Å². The molecular formula is C14H21N3O4S. The second kappa shape index (κ2) is 7.68. The van der Waals surface area contributed by atoms with Gasteiger partial charge in [-0.3, -0.25) is 4.79 Å². The van der Waals surface area contributed by atoms with E-state index in [0.29, 0.717) is 45.0 Å². The highest BCUT2D eigenvalue weighted by Gasteiger charge is 2.26. The Morgan fingerprint density at radius 1 is 1.32 bits per heavy atom. The molecule has 1 aromatic carbocycles. The van der Waals surface area contributed by atoms with Gasteiger partial charge < -0.3 is 15.4 Å². The van der Waals surface area contributed by atoms with Gasteiger partial charge in [0.05, 0.1) is 18.1 Å². The Morgan fingerprint density at radius 2 is 2.05 bits per heavy atom. The minimum atomic E-state index is -3.55. The van der Waals surface area contributed by atoms with E-state index in [4.69, 9.17) is 4.74 Å². The monoisotopic (exact) mass is 327 g/mol. The Kier molecular flexibility index (Phi) is 5.90. The first kappa shape index (κ1) is 16.9. The fourth-order valence-electron chi connectivity index (χ4n) is 2.13. The summed E-state index contributed by atoms with van der Waals surface area (Å²) in [5.74, 6) is -0.157. The molecule has 0 radical (unpaired) electrons. The number of hydrogen-bond acceptors (Lipinski definition) is 5. The van der Waals surface area contributed by atoms with Crippen LogP contribution in [0.5, 0.6) is 0 Å². The average molecular weight is 327 g/mol. The summed E-state index contributed by atoms with van der Waals surface area (Å²) >= 11 is 0. The molecule has 0 atom stereocenters. The first-order valence-electron chi connectivity index (χ1n) is 7.16. The maximum Gasteiger partial charge on any atom is 0.243 e. The topological polar surface area (TPSA) is 87.7 Å². The highest BCUT2D eigenvalue weighted by atomic mass is 32.2. The number of ether oxygens (including phenoxy) is 1. The normalized spacial score (nSPS) is 16.4. The molecule has 2 rings (SSSR count). The number of morpholine rings is 1. The fourth-order valence-corrected chi connectivity index (χ4v) is 3.59. The van der Waals surface area contributed by atoms with Crippen LogP contribution in [0.3, 0.4) is 0 Å². The lowest BCUT2D eigenvalue weighted by atomic mass is 10.3. The van der Waals surface area contributed by atoms with Crippen LogP contribution in [-0.4, -0.2) is 58.5 Å². The lowest BCUT2D eigenvalue weighted by molar-refractivity contribution is -0.116. The zero-order valence-corrected chi connectivity index (χ0v) is 13.4. The maximum atomic E-state index is 12.5. The number of amides is 1. The largest absolute Gasteiger partial charge is 0.379 e. The molecular weight excluding hydrogens is 306 g/mol. The Hall–Kier alpha value is -1.48. The van der Waals surface area contributed by atoms with E-state index in [1.807, 2.05) is 0 Å². The van der Waals surface area contributed by atoms with Gasteiger partial charge in [0.1, 0.15) is 0 Å². The summed E-state index contributed by atoms with van der Waals surface area (Å²) in [6.07, 6.45) is 0.330. The van der Waals surface area contributed by atoms with Crippen LogP contribution in [0.25, 0.3) is 0 Å². The van der Waals surface area contributed by atoms with Gasteiger partial charge in [-0.05, 0) is 25.2 Å².